The van der Waals surface area contributed by atoms with Crippen LogP contribution < -0.4 is 16.7 Å². The molecule has 0 radical (unpaired) electrons. The average Bonchev–Trinajstić information content (AvgIpc) is 3.69. The highest BCUT2D eigenvalue weighted by atomic mass is 16.2. The van der Waals surface area contributed by atoms with Gasteiger partial charge in [-0.05, 0) is 97.7 Å². The van der Waals surface area contributed by atoms with E-state index in [1.807, 2.05) is 66.7 Å². The van der Waals surface area contributed by atoms with Crippen molar-refractivity contribution < 1.29 is 9.59 Å². The maximum absolute atomic E-state index is 13.7. The summed E-state index contributed by atoms with van der Waals surface area (Å²) < 4.78 is 1.59. The molecule has 2 heterocycles. The van der Waals surface area contributed by atoms with Gasteiger partial charge in [0, 0.05) is 36.6 Å². The Morgan fingerprint density at radius 2 is 1.68 bits per heavy atom. The Bertz CT molecular complexity index is 1780. The molecule has 1 atom stereocenters. The SMILES string of the molecule is Cn1c(=O)[nH]c2ccc(-c3ccc(C[C@H](CC(=O)C4CCC(CN)CC4)C(=O)Nc4ccc(C5=NCN=N5)cc4)cc3)cc21. The first-order valence-electron chi connectivity index (χ1n) is 15.2. The first kappa shape index (κ1) is 29.4. The molecule has 0 unspecified atom stereocenters. The fourth-order valence-corrected chi connectivity index (χ4v) is 6.23. The fraction of sp³-hybridized carbons (Fsp3) is 0.353. The number of nitrogens with one attached hydrogen (secondary N) is 2. The number of benzene rings is 3. The average molecular weight is 592 g/mol. The van der Waals surface area contributed by atoms with E-state index in [0.29, 0.717) is 37.1 Å². The Balaban J connectivity index is 1.18. The van der Waals surface area contributed by atoms with E-state index in [2.05, 4.69) is 25.5 Å². The van der Waals surface area contributed by atoms with Gasteiger partial charge in [0.1, 0.15) is 5.78 Å². The van der Waals surface area contributed by atoms with Gasteiger partial charge in [-0.3, -0.25) is 14.2 Å². The summed E-state index contributed by atoms with van der Waals surface area (Å²) in [6.45, 7) is 0.996. The lowest BCUT2D eigenvalue weighted by atomic mass is 9.77. The van der Waals surface area contributed by atoms with E-state index in [-0.39, 0.29) is 29.7 Å². The molecule has 0 saturated heterocycles. The highest BCUT2D eigenvalue weighted by Gasteiger charge is 2.30. The standard InChI is InChI=1S/C34H37N7O3/c1-41-30-17-26(12-15-29(30)39-34(41)44)23-6-2-21(3-7-23)16-27(18-31(42)24-8-4-22(19-35)5-9-24)33(43)38-28-13-10-25(11-14-28)32-36-20-37-40-32/h2-3,6-7,10-15,17,22,24,27H,4-5,8-9,16,18-20,35H2,1H3,(H,38,43)(H,39,44)/t22?,24?,27-/m1/s1. The molecule has 1 aromatic heterocycles. The van der Waals surface area contributed by atoms with Gasteiger partial charge in [-0.1, -0.05) is 30.3 Å². The first-order valence-corrected chi connectivity index (χ1v) is 15.2. The molecule has 1 aliphatic heterocycles. The zero-order valence-corrected chi connectivity index (χ0v) is 24.8. The van der Waals surface area contributed by atoms with Gasteiger partial charge >= 0.3 is 5.69 Å². The third-order valence-electron chi connectivity index (χ3n) is 8.99. The molecule has 3 aromatic carbocycles. The number of aromatic amines is 1. The molecule has 6 rings (SSSR count). The zero-order valence-electron chi connectivity index (χ0n) is 24.8. The molecule has 2 aliphatic rings. The van der Waals surface area contributed by atoms with Crippen LogP contribution in [0.2, 0.25) is 0 Å². The van der Waals surface area contributed by atoms with Crippen molar-refractivity contribution in [2.45, 2.75) is 38.5 Å². The second-order valence-corrected chi connectivity index (χ2v) is 11.9. The van der Waals surface area contributed by atoms with E-state index in [0.717, 1.165) is 59.0 Å². The van der Waals surface area contributed by atoms with Crippen LogP contribution in [0, 0.1) is 17.8 Å². The van der Waals surface area contributed by atoms with Crippen LogP contribution in [0.1, 0.15) is 43.2 Å². The van der Waals surface area contributed by atoms with Crippen molar-refractivity contribution in [3.63, 3.8) is 0 Å². The monoisotopic (exact) mass is 591 g/mol. The number of amidine groups is 1. The number of anilines is 1. The van der Waals surface area contributed by atoms with E-state index in [4.69, 9.17) is 5.73 Å². The van der Waals surface area contributed by atoms with E-state index >= 15 is 0 Å². The van der Waals surface area contributed by atoms with Crippen molar-refractivity contribution in [2.75, 3.05) is 18.5 Å². The Labute approximate surface area is 255 Å². The number of aromatic nitrogens is 2. The predicted octanol–water partition coefficient (Wildman–Crippen LogP) is 5.23. The van der Waals surface area contributed by atoms with Crippen molar-refractivity contribution >= 4 is 34.2 Å². The van der Waals surface area contributed by atoms with Crippen LogP contribution in [0.4, 0.5) is 5.69 Å². The Morgan fingerprint density at radius 1 is 0.977 bits per heavy atom. The maximum atomic E-state index is 13.7. The highest BCUT2D eigenvalue weighted by Crippen LogP contribution is 2.31. The molecule has 10 heteroatoms. The molecule has 44 heavy (non-hydrogen) atoms. The summed E-state index contributed by atoms with van der Waals surface area (Å²) in [5.74, 6) is 0.509. The maximum Gasteiger partial charge on any atom is 0.326 e. The van der Waals surface area contributed by atoms with Crippen molar-refractivity contribution in [3.8, 4) is 11.1 Å². The number of ketones is 1. The van der Waals surface area contributed by atoms with Gasteiger partial charge in [0.25, 0.3) is 0 Å². The van der Waals surface area contributed by atoms with Crippen molar-refractivity contribution in [3.05, 3.63) is 88.3 Å². The van der Waals surface area contributed by atoms with Gasteiger partial charge in [-0.2, -0.15) is 5.11 Å². The fourth-order valence-electron chi connectivity index (χ4n) is 6.23. The number of amides is 1. The minimum Gasteiger partial charge on any atom is -0.330 e. The number of nitrogens with two attached hydrogens (primary N) is 1. The lowest BCUT2D eigenvalue weighted by Crippen LogP contribution is -2.31. The van der Waals surface area contributed by atoms with Crippen LogP contribution in [0.5, 0.6) is 0 Å². The quantitative estimate of drug-likeness (QED) is 0.232. The predicted molar refractivity (Wildman–Crippen MR) is 172 cm³/mol. The summed E-state index contributed by atoms with van der Waals surface area (Å²) in [6, 6.07) is 21.3. The van der Waals surface area contributed by atoms with Crippen molar-refractivity contribution in [1.29, 1.82) is 0 Å². The van der Waals surface area contributed by atoms with Gasteiger partial charge < -0.3 is 16.0 Å². The van der Waals surface area contributed by atoms with Crippen LogP contribution >= 0.6 is 0 Å². The number of carbonyl (C=O) groups is 2. The number of rotatable bonds is 10. The summed E-state index contributed by atoms with van der Waals surface area (Å²) >= 11 is 0. The van der Waals surface area contributed by atoms with Gasteiger partial charge in [-0.15, -0.1) is 5.11 Å². The zero-order chi connectivity index (χ0) is 30.6. The largest absolute Gasteiger partial charge is 0.330 e. The van der Waals surface area contributed by atoms with E-state index in [9.17, 15) is 14.4 Å². The number of hydrogen-bond acceptors (Lipinski definition) is 7. The van der Waals surface area contributed by atoms with Gasteiger partial charge in [0.15, 0.2) is 12.5 Å². The number of Topliss-reactive ketones (excluding diaryl/α,β-unsaturated/α-hetero) is 1. The minimum absolute atomic E-state index is 0.0181. The number of carbonyl (C=O) groups excluding carboxylic acids is 2. The molecular weight excluding hydrogens is 554 g/mol. The molecule has 1 saturated carbocycles. The Morgan fingerprint density at radius 3 is 2.36 bits per heavy atom. The molecule has 1 aliphatic carbocycles. The molecule has 0 spiro atoms. The first-order chi connectivity index (χ1) is 21.4. The summed E-state index contributed by atoms with van der Waals surface area (Å²) in [5, 5.41) is 11.0. The van der Waals surface area contributed by atoms with Crippen LogP contribution in [0.15, 0.2) is 86.7 Å². The molecule has 226 valence electrons. The van der Waals surface area contributed by atoms with Crippen molar-refractivity contribution in [1.82, 2.24) is 9.55 Å². The summed E-state index contributed by atoms with van der Waals surface area (Å²) in [7, 11) is 1.75. The normalized spacial score (nSPS) is 18.7. The number of nitrogens with zero attached hydrogens (tertiary/aromatic N) is 4. The topological polar surface area (TPSA) is 147 Å². The molecule has 1 amide bonds. The van der Waals surface area contributed by atoms with Crippen LogP contribution in [0.25, 0.3) is 22.2 Å². The molecule has 4 aromatic rings. The molecule has 10 nitrogen and oxygen atoms in total. The molecule has 4 N–H and O–H groups in total. The number of aliphatic imine (C=N–C) groups is 1. The second kappa shape index (κ2) is 12.9. The smallest absolute Gasteiger partial charge is 0.326 e. The third-order valence-corrected chi connectivity index (χ3v) is 8.99. The Hall–Kier alpha value is -4.70. The van der Waals surface area contributed by atoms with Crippen LogP contribution in [-0.4, -0.2) is 40.3 Å². The van der Waals surface area contributed by atoms with Crippen LogP contribution in [-0.2, 0) is 23.1 Å². The minimum atomic E-state index is -0.515. The second-order valence-electron chi connectivity index (χ2n) is 11.9. The lowest BCUT2D eigenvalue weighted by Gasteiger charge is -2.27. The number of H-pyrrole nitrogens is 1. The molecular formula is C34H37N7O3. The molecule has 0 bridgehead atoms. The van der Waals surface area contributed by atoms with Gasteiger partial charge in [0.05, 0.1) is 11.0 Å². The van der Waals surface area contributed by atoms with E-state index < -0.39 is 5.92 Å². The highest BCUT2D eigenvalue weighted by molar-refractivity contribution is 6.01. The van der Waals surface area contributed by atoms with Gasteiger partial charge in [-0.25, -0.2) is 9.79 Å². The Kier molecular flexibility index (Phi) is 8.60. The molecule has 1 fully saturated rings. The number of imidazole rings is 1. The van der Waals surface area contributed by atoms with Crippen LogP contribution in [0.3, 0.4) is 0 Å². The summed E-state index contributed by atoms with van der Waals surface area (Å²) in [5.41, 5.74) is 11.8. The number of azo groups is 1. The number of hydrogen-bond donors (Lipinski definition) is 3. The lowest BCUT2D eigenvalue weighted by molar-refractivity contribution is -0.129. The van der Waals surface area contributed by atoms with E-state index in [1.165, 1.54) is 0 Å². The van der Waals surface area contributed by atoms with E-state index in [1.54, 1.807) is 11.6 Å². The summed E-state index contributed by atoms with van der Waals surface area (Å²) in [6.07, 6.45) is 4.24. The third kappa shape index (κ3) is 6.45. The van der Waals surface area contributed by atoms with Crippen molar-refractivity contribution in [2.24, 2.45) is 45.8 Å². The van der Waals surface area contributed by atoms with Gasteiger partial charge in [0.2, 0.25) is 5.91 Å². The number of fused-ring (bicyclic) bond motifs is 1. The number of aryl methyl sites for hydroxylation is 1. The summed E-state index contributed by atoms with van der Waals surface area (Å²) in [4.78, 5) is 46.2.